The van der Waals surface area contributed by atoms with E-state index in [0.29, 0.717) is 17.7 Å². The fourth-order valence-electron chi connectivity index (χ4n) is 3.55. The van der Waals surface area contributed by atoms with Crippen molar-refractivity contribution in [2.24, 2.45) is 0 Å². The molecule has 1 aliphatic rings. The Kier molecular flexibility index (Phi) is 6.64. The number of carbonyl (C=O) groups excluding carboxylic acids is 2. The number of amides is 2. The minimum Gasteiger partial charge on any atom is -0.349 e. The highest BCUT2D eigenvalue weighted by Crippen LogP contribution is 2.18. The minimum absolute atomic E-state index is 0.0474. The Morgan fingerprint density at radius 2 is 1.44 bits per heavy atom. The molecule has 0 heterocycles. The van der Waals surface area contributed by atoms with E-state index in [1.165, 1.54) is 25.7 Å². The molecular weight excluding hydrogens is 336 g/mol. The quantitative estimate of drug-likeness (QED) is 0.774. The number of rotatable bonds is 5. The van der Waals surface area contributed by atoms with Crippen molar-refractivity contribution in [3.63, 3.8) is 0 Å². The van der Waals surface area contributed by atoms with Gasteiger partial charge in [-0.3, -0.25) is 9.59 Å². The zero-order valence-electron chi connectivity index (χ0n) is 16.0. The summed E-state index contributed by atoms with van der Waals surface area (Å²) in [5.74, 6) is -0.178. The lowest BCUT2D eigenvalue weighted by molar-refractivity contribution is 0.0927. The highest BCUT2D eigenvalue weighted by atomic mass is 16.2. The first-order chi connectivity index (χ1) is 13.1. The van der Waals surface area contributed by atoms with Crippen LogP contribution in [0.2, 0.25) is 0 Å². The van der Waals surface area contributed by atoms with Crippen LogP contribution < -0.4 is 10.6 Å². The first-order valence-electron chi connectivity index (χ1n) is 9.87. The van der Waals surface area contributed by atoms with Crippen LogP contribution in [0.3, 0.4) is 0 Å². The monoisotopic (exact) mass is 364 g/mol. The number of aryl methyl sites for hydroxylation is 1. The molecule has 142 valence electrons. The number of carbonyl (C=O) groups is 2. The summed E-state index contributed by atoms with van der Waals surface area (Å²) >= 11 is 0. The SMILES string of the molecule is Cc1ccccc1CNC(=O)c1ccc(C(=O)NC2CCCCCC2)cc1. The van der Waals surface area contributed by atoms with Crippen LogP contribution in [0.25, 0.3) is 0 Å². The summed E-state index contributed by atoms with van der Waals surface area (Å²) in [4.78, 5) is 24.8. The van der Waals surface area contributed by atoms with Crippen molar-refractivity contribution in [2.45, 2.75) is 58.0 Å². The summed E-state index contributed by atoms with van der Waals surface area (Å²) in [5.41, 5.74) is 3.43. The van der Waals surface area contributed by atoms with E-state index in [2.05, 4.69) is 10.6 Å². The summed E-state index contributed by atoms with van der Waals surface area (Å²) in [5, 5.41) is 6.08. The van der Waals surface area contributed by atoms with E-state index in [1.54, 1.807) is 24.3 Å². The smallest absolute Gasteiger partial charge is 0.251 e. The summed E-state index contributed by atoms with van der Waals surface area (Å²) in [7, 11) is 0. The topological polar surface area (TPSA) is 58.2 Å². The molecule has 1 saturated carbocycles. The molecule has 0 unspecified atom stereocenters. The van der Waals surface area contributed by atoms with Crippen LogP contribution in [0, 0.1) is 6.92 Å². The summed E-state index contributed by atoms with van der Waals surface area (Å²) in [6.45, 7) is 2.53. The van der Waals surface area contributed by atoms with Crippen LogP contribution in [-0.2, 0) is 6.54 Å². The highest BCUT2D eigenvalue weighted by Gasteiger charge is 2.16. The Morgan fingerprint density at radius 3 is 2.07 bits per heavy atom. The van der Waals surface area contributed by atoms with Gasteiger partial charge in [-0.05, 0) is 55.2 Å². The Morgan fingerprint density at radius 1 is 0.852 bits per heavy atom. The van der Waals surface area contributed by atoms with E-state index < -0.39 is 0 Å². The third kappa shape index (κ3) is 5.43. The van der Waals surface area contributed by atoms with Gasteiger partial charge >= 0.3 is 0 Å². The first kappa shape index (κ1) is 19.2. The highest BCUT2D eigenvalue weighted by molar-refractivity contribution is 5.97. The average Bonchev–Trinajstić information content (AvgIpc) is 2.96. The van der Waals surface area contributed by atoms with Crippen LogP contribution in [0.1, 0.15) is 70.4 Å². The van der Waals surface area contributed by atoms with Crippen molar-refractivity contribution < 1.29 is 9.59 Å². The summed E-state index contributed by atoms with van der Waals surface area (Å²) in [6, 6.07) is 15.2. The van der Waals surface area contributed by atoms with Crippen LogP contribution in [0.4, 0.5) is 0 Å². The molecule has 0 spiro atoms. The number of benzene rings is 2. The molecule has 0 aliphatic heterocycles. The normalized spacial score (nSPS) is 15.0. The van der Waals surface area contributed by atoms with Gasteiger partial charge in [-0.25, -0.2) is 0 Å². The van der Waals surface area contributed by atoms with Gasteiger partial charge in [-0.15, -0.1) is 0 Å². The largest absolute Gasteiger partial charge is 0.349 e. The molecule has 4 nitrogen and oxygen atoms in total. The zero-order chi connectivity index (χ0) is 19.1. The molecule has 1 aliphatic carbocycles. The molecule has 27 heavy (non-hydrogen) atoms. The second-order valence-electron chi connectivity index (χ2n) is 7.35. The number of hydrogen-bond donors (Lipinski definition) is 2. The van der Waals surface area contributed by atoms with Gasteiger partial charge in [0.15, 0.2) is 0 Å². The lowest BCUT2D eigenvalue weighted by atomic mass is 10.1. The molecule has 4 heteroatoms. The van der Waals surface area contributed by atoms with Crippen molar-refractivity contribution in [1.29, 1.82) is 0 Å². The van der Waals surface area contributed by atoms with E-state index >= 15 is 0 Å². The fraction of sp³-hybridized carbons (Fsp3) is 0.391. The second-order valence-corrected chi connectivity index (χ2v) is 7.35. The van der Waals surface area contributed by atoms with Crippen molar-refractivity contribution in [3.8, 4) is 0 Å². The molecule has 0 bridgehead atoms. The Bertz CT molecular complexity index is 775. The van der Waals surface area contributed by atoms with E-state index in [-0.39, 0.29) is 17.9 Å². The molecule has 0 saturated heterocycles. The lowest BCUT2D eigenvalue weighted by Crippen LogP contribution is -2.34. The molecule has 0 atom stereocenters. The average molecular weight is 364 g/mol. The maximum Gasteiger partial charge on any atom is 0.251 e. The number of hydrogen-bond acceptors (Lipinski definition) is 2. The van der Waals surface area contributed by atoms with Crippen molar-refractivity contribution in [1.82, 2.24) is 10.6 Å². The van der Waals surface area contributed by atoms with Gasteiger partial charge < -0.3 is 10.6 Å². The van der Waals surface area contributed by atoms with Gasteiger partial charge in [0, 0.05) is 23.7 Å². The number of nitrogens with one attached hydrogen (secondary N) is 2. The zero-order valence-corrected chi connectivity index (χ0v) is 16.0. The molecule has 2 aromatic carbocycles. The van der Waals surface area contributed by atoms with Crippen LogP contribution in [0.15, 0.2) is 48.5 Å². The van der Waals surface area contributed by atoms with Crippen LogP contribution in [-0.4, -0.2) is 17.9 Å². The third-order valence-electron chi connectivity index (χ3n) is 5.30. The van der Waals surface area contributed by atoms with E-state index in [4.69, 9.17) is 0 Å². The Hall–Kier alpha value is -2.62. The summed E-state index contributed by atoms with van der Waals surface area (Å²) in [6.07, 6.45) is 7.02. The maximum absolute atomic E-state index is 12.4. The van der Waals surface area contributed by atoms with Crippen LogP contribution in [0.5, 0.6) is 0 Å². The van der Waals surface area contributed by atoms with Gasteiger partial charge in [0.1, 0.15) is 0 Å². The Balaban J connectivity index is 1.55. The molecular formula is C23H28N2O2. The van der Waals surface area contributed by atoms with E-state index in [1.807, 2.05) is 31.2 Å². The lowest BCUT2D eigenvalue weighted by Gasteiger charge is -2.16. The second kappa shape index (κ2) is 9.36. The first-order valence-corrected chi connectivity index (χ1v) is 9.87. The molecule has 0 radical (unpaired) electrons. The van der Waals surface area contributed by atoms with Gasteiger partial charge in [0.05, 0.1) is 0 Å². The molecule has 2 aromatic rings. The molecule has 3 rings (SSSR count). The minimum atomic E-state index is -0.131. The van der Waals surface area contributed by atoms with Gasteiger partial charge in [-0.1, -0.05) is 49.9 Å². The third-order valence-corrected chi connectivity index (χ3v) is 5.30. The van der Waals surface area contributed by atoms with E-state index in [9.17, 15) is 9.59 Å². The van der Waals surface area contributed by atoms with Gasteiger partial charge in [0.2, 0.25) is 0 Å². The molecule has 2 amide bonds. The van der Waals surface area contributed by atoms with Crippen molar-refractivity contribution >= 4 is 11.8 Å². The van der Waals surface area contributed by atoms with Gasteiger partial charge in [-0.2, -0.15) is 0 Å². The fourth-order valence-corrected chi connectivity index (χ4v) is 3.55. The predicted octanol–water partition coefficient (Wildman–Crippen LogP) is 4.38. The predicted molar refractivity (Wildman–Crippen MR) is 108 cm³/mol. The van der Waals surface area contributed by atoms with Crippen LogP contribution >= 0.6 is 0 Å². The standard InChI is InChI=1S/C23H28N2O2/c1-17-8-6-7-9-20(17)16-24-22(26)18-12-14-19(15-13-18)23(27)25-21-10-4-2-3-5-11-21/h6-9,12-15,21H,2-5,10-11,16H2,1H3,(H,24,26)(H,25,27). The summed E-state index contributed by atoms with van der Waals surface area (Å²) < 4.78 is 0. The van der Waals surface area contributed by atoms with E-state index in [0.717, 1.165) is 24.0 Å². The molecule has 0 aromatic heterocycles. The maximum atomic E-state index is 12.4. The van der Waals surface area contributed by atoms with Crippen molar-refractivity contribution in [3.05, 3.63) is 70.8 Å². The Labute approximate surface area is 161 Å². The van der Waals surface area contributed by atoms with Gasteiger partial charge in [0.25, 0.3) is 11.8 Å². The van der Waals surface area contributed by atoms with Crippen molar-refractivity contribution in [2.75, 3.05) is 0 Å². The molecule has 1 fully saturated rings. The molecule has 2 N–H and O–H groups in total.